The molecule has 17 heavy (non-hydrogen) atoms. The number of carbonyl (C=O) groups excluding carboxylic acids is 2. The van der Waals surface area contributed by atoms with Gasteiger partial charge in [-0.2, -0.15) is 13.2 Å². The van der Waals surface area contributed by atoms with Gasteiger partial charge in [0.15, 0.2) is 6.61 Å². The highest BCUT2D eigenvalue weighted by molar-refractivity contribution is 5.92. The van der Waals surface area contributed by atoms with Gasteiger partial charge in [-0.05, 0) is 12.1 Å². The van der Waals surface area contributed by atoms with E-state index >= 15 is 0 Å². The van der Waals surface area contributed by atoms with E-state index in [4.69, 9.17) is 5.73 Å². The summed E-state index contributed by atoms with van der Waals surface area (Å²) in [6, 6.07) is 4.12. The van der Waals surface area contributed by atoms with Gasteiger partial charge in [0, 0.05) is 0 Å². The maximum absolute atomic E-state index is 12.5. The first-order chi connectivity index (χ1) is 7.82. The Morgan fingerprint density at radius 3 is 2.35 bits per heavy atom. The fourth-order valence-corrected chi connectivity index (χ4v) is 1.12. The number of carbonyl (C=O) groups is 2. The van der Waals surface area contributed by atoms with E-state index in [1.807, 2.05) is 0 Å². The van der Waals surface area contributed by atoms with Crippen molar-refractivity contribution in [2.24, 2.45) is 5.73 Å². The predicted molar refractivity (Wildman–Crippen MR) is 50.9 cm³/mol. The minimum absolute atomic E-state index is 0.652. The number of ether oxygens (including phenoxy) is 1. The molecule has 0 aliphatic rings. The van der Waals surface area contributed by atoms with Gasteiger partial charge in [0.05, 0.1) is 11.1 Å². The van der Waals surface area contributed by atoms with Gasteiger partial charge in [-0.25, -0.2) is 4.79 Å². The van der Waals surface area contributed by atoms with E-state index < -0.39 is 35.8 Å². The van der Waals surface area contributed by atoms with E-state index in [0.29, 0.717) is 0 Å². The minimum Gasteiger partial charge on any atom is -0.452 e. The summed E-state index contributed by atoms with van der Waals surface area (Å²) in [6.07, 6.45) is -4.66. The lowest BCUT2D eigenvalue weighted by Gasteiger charge is -2.11. The number of alkyl halides is 3. The quantitative estimate of drug-likeness (QED) is 0.819. The second-order valence-corrected chi connectivity index (χ2v) is 3.09. The Balaban J connectivity index is 2.98. The van der Waals surface area contributed by atoms with E-state index in [1.165, 1.54) is 6.07 Å². The number of nitrogens with two attached hydrogens (primary N) is 1. The van der Waals surface area contributed by atoms with Crippen LogP contribution < -0.4 is 5.73 Å². The van der Waals surface area contributed by atoms with Gasteiger partial charge in [0.2, 0.25) is 0 Å². The van der Waals surface area contributed by atoms with Crippen LogP contribution in [0.2, 0.25) is 0 Å². The highest BCUT2D eigenvalue weighted by Crippen LogP contribution is 2.32. The molecule has 0 fully saturated rings. The third-order valence-corrected chi connectivity index (χ3v) is 1.80. The molecule has 0 unspecified atom stereocenters. The lowest BCUT2D eigenvalue weighted by Crippen LogP contribution is -2.22. The maximum Gasteiger partial charge on any atom is 0.417 e. The van der Waals surface area contributed by atoms with Gasteiger partial charge >= 0.3 is 12.1 Å². The topological polar surface area (TPSA) is 69.4 Å². The summed E-state index contributed by atoms with van der Waals surface area (Å²) in [6.45, 7) is -0.759. The zero-order valence-corrected chi connectivity index (χ0v) is 8.45. The monoisotopic (exact) mass is 247 g/mol. The normalized spacial score (nSPS) is 11.0. The number of hydrogen-bond acceptors (Lipinski definition) is 3. The molecule has 0 saturated carbocycles. The molecule has 0 radical (unpaired) electrons. The predicted octanol–water partition coefficient (Wildman–Crippen LogP) is 1.35. The first kappa shape index (κ1) is 13.0. The fraction of sp³-hybridized carbons (Fsp3) is 0.200. The highest BCUT2D eigenvalue weighted by atomic mass is 19.4. The number of rotatable bonds is 3. The summed E-state index contributed by atoms with van der Waals surface area (Å²) in [4.78, 5) is 21.6. The summed E-state index contributed by atoms with van der Waals surface area (Å²) >= 11 is 0. The van der Waals surface area contributed by atoms with E-state index in [0.717, 1.165) is 18.2 Å². The average molecular weight is 247 g/mol. The maximum atomic E-state index is 12.5. The number of esters is 1. The van der Waals surface area contributed by atoms with Crippen molar-refractivity contribution in [3.8, 4) is 0 Å². The Bertz CT molecular complexity index is 443. The van der Waals surface area contributed by atoms with Crippen molar-refractivity contribution >= 4 is 11.9 Å². The summed E-state index contributed by atoms with van der Waals surface area (Å²) < 4.78 is 41.8. The van der Waals surface area contributed by atoms with Crippen LogP contribution in [0.5, 0.6) is 0 Å². The number of hydrogen-bond donors (Lipinski definition) is 1. The molecule has 0 saturated heterocycles. The molecule has 0 spiro atoms. The molecule has 0 aliphatic carbocycles. The van der Waals surface area contributed by atoms with Crippen molar-refractivity contribution in [2.75, 3.05) is 6.61 Å². The molecule has 0 aromatic heterocycles. The van der Waals surface area contributed by atoms with Crippen LogP contribution in [0.1, 0.15) is 15.9 Å². The largest absolute Gasteiger partial charge is 0.452 e. The van der Waals surface area contributed by atoms with Crippen molar-refractivity contribution in [1.82, 2.24) is 0 Å². The highest BCUT2D eigenvalue weighted by Gasteiger charge is 2.35. The van der Waals surface area contributed by atoms with Crippen LogP contribution in [0.15, 0.2) is 24.3 Å². The van der Waals surface area contributed by atoms with Gasteiger partial charge in [-0.1, -0.05) is 12.1 Å². The van der Waals surface area contributed by atoms with Gasteiger partial charge in [0.1, 0.15) is 0 Å². The van der Waals surface area contributed by atoms with Crippen molar-refractivity contribution in [2.45, 2.75) is 6.18 Å². The van der Waals surface area contributed by atoms with Crippen molar-refractivity contribution < 1.29 is 27.5 Å². The number of amides is 1. The Hall–Kier alpha value is -2.05. The van der Waals surface area contributed by atoms with Gasteiger partial charge < -0.3 is 10.5 Å². The molecule has 4 nitrogen and oxygen atoms in total. The molecule has 1 aromatic rings. The Labute approximate surface area is 94.2 Å². The summed E-state index contributed by atoms with van der Waals surface area (Å²) in [5.74, 6) is -2.18. The molecule has 0 atom stereocenters. The Morgan fingerprint density at radius 1 is 1.24 bits per heavy atom. The van der Waals surface area contributed by atoms with Crippen molar-refractivity contribution in [3.05, 3.63) is 35.4 Å². The Kier molecular flexibility index (Phi) is 3.72. The van der Waals surface area contributed by atoms with Crippen LogP contribution in [0.25, 0.3) is 0 Å². The first-order valence-corrected chi connectivity index (χ1v) is 4.44. The van der Waals surface area contributed by atoms with Crippen LogP contribution in [0.4, 0.5) is 13.2 Å². The number of halogens is 3. The van der Waals surface area contributed by atoms with Crippen molar-refractivity contribution in [3.63, 3.8) is 0 Å². The smallest absolute Gasteiger partial charge is 0.417 e. The summed E-state index contributed by atoms with van der Waals surface area (Å²) in [7, 11) is 0. The van der Waals surface area contributed by atoms with E-state index in [1.54, 1.807) is 0 Å². The van der Waals surface area contributed by atoms with Crippen LogP contribution in [0, 0.1) is 0 Å². The molecule has 7 heteroatoms. The van der Waals surface area contributed by atoms with Crippen LogP contribution in [-0.2, 0) is 15.7 Å². The summed E-state index contributed by atoms with van der Waals surface area (Å²) in [5, 5.41) is 0. The van der Waals surface area contributed by atoms with Crippen LogP contribution in [0.3, 0.4) is 0 Å². The first-order valence-electron chi connectivity index (χ1n) is 4.44. The second-order valence-electron chi connectivity index (χ2n) is 3.09. The lowest BCUT2D eigenvalue weighted by molar-refractivity contribution is -0.138. The van der Waals surface area contributed by atoms with Gasteiger partial charge in [0.25, 0.3) is 5.91 Å². The molecular weight excluding hydrogens is 239 g/mol. The third-order valence-electron chi connectivity index (χ3n) is 1.80. The van der Waals surface area contributed by atoms with Crippen molar-refractivity contribution in [1.29, 1.82) is 0 Å². The van der Waals surface area contributed by atoms with E-state index in [-0.39, 0.29) is 0 Å². The zero-order chi connectivity index (χ0) is 13.1. The standard InChI is InChI=1S/C10H8F3NO3/c11-10(12,13)7-4-2-1-3-6(7)9(16)17-5-8(14)15/h1-4H,5H2,(H2,14,15). The lowest BCUT2D eigenvalue weighted by atomic mass is 10.1. The van der Waals surface area contributed by atoms with Crippen LogP contribution >= 0.6 is 0 Å². The third kappa shape index (κ3) is 3.47. The molecule has 1 amide bonds. The van der Waals surface area contributed by atoms with E-state index in [2.05, 4.69) is 4.74 Å². The molecule has 0 aliphatic heterocycles. The van der Waals surface area contributed by atoms with Crippen LogP contribution in [-0.4, -0.2) is 18.5 Å². The average Bonchev–Trinajstić information content (AvgIpc) is 2.24. The number of primary amides is 1. The minimum atomic E-state index is -4.66. The molecule has 1 aromatic carbocycles. The molecular formula is C10H8F3NO3. The summed E-state index contributed by atoms with van der Waals surface area (Å²) in [5.41, 5.74) is 2.94. The second kappa shape index (κ2) is 4.86. The molecule has 0 bridgehead atoms. The molecule has 0 heterocycles. The van der Waals surface area contributed by atoms with Gasteiger partial charge in [-0.15, -0.1) is 0 Å². The molecule has 2 N–H and O–H groups in total. The zero-order valence-electron chi connectivity index (χ0n) is 8.45. The fourth-order valence-electron chi connectivity index (χ4n) is 1.12. The van der Waals surface area contributed by atoms with Gasteiger partial charge in [-0.3, -0.25) is 4.79 Å². The molecule has 1 rings (SSSR count). The Morgan fingerprint density at radius 2 is 1.82 bits per heavy atom. The SMILES string of the molecule is NC(=O)COC(=O)c1ccccc1C(F)(F)F. The molecule has 92 valence electrons. The number of benzene rings is 1. The van der Waals surface area contributed by atoms with E-state index in [9.17, 15) is 22.8 Å².